The number of ether oxygens (including phenoxy) is 2. The summed E-state index contributed by atoms with van der Waals surface area (Å²) in [5.74, 6) is 0. The maximum Gasteiger partial charge on any atom is 0.0737 e. The van der Waals surface area contributed by atoms with Crippen LogP contribution < -0.4 is 0 Å². The Bertz CT molecular complexity index is 642. The molecule has 0 aromatic heterocycles. The van der Waals surface area contributed by atoms with Crippen LogP contribution in [0.3, 0.4) is 0 Å². The van der Waals surface area contributed by atoms with E-state index in [4.69, 9.17) is 9.47 Å². The summed E-state index contributed by atoms with van der Waals surface area (Å²) in [6.07, 6.45) is 10.9. The van der Waals surface area contributed by atoms with E-state index in [1.165, 1.54) is 51.4 Å². The van der Waals surface area contributed by atoms with E-state index in [9.17, 15) is 0 Å². The molecule has 0 bridgehead atoms. The molecule has 0 N–H and O–H groups in total. The first kappa shape index (κ1) is 37.9. The first-order chi connectivity index (χ1) is 17.6. The summed E-state index contributed by atoms with van der Waals surface area (Å²) in [4.78, 5) is 5.38. The van der Waals surface area contributed by atoms with Crippen LogP contribution in [0.4, 0.5) is 0 Å². The number of hydrogen-bond donors (Lipinski definition) is 0. The van der Waals surface area contributed by atoms with Crippen LogP contribution in [0.15, 0.2) is 0 Å². The molecule has 0 amide bonds. The third-order valence-corrected chi connectivity index (χ3v) is 7.90. The number of hydrogen-bond acceptors (Lipinski definition) is 4. The van der Waals surface area contributed by atoms with Gasteiger partial charge in [-0.15, -0.1) is 0 Å². The zero-order valence-corrected chi connectivity index (χ0v) is 30.7. The van der Waals surface area contributed by atoms with Gasteiger partial charge in [0.15, 0.2) is 0 Å². The van der Waals surface area contributed by atoms with Crippen LogP contribution in [0.1, 0.15) is 176 Å². The quantitative estimate of drug-likeness (QED) is 0.338. The summed E-state index contributed by atoms with van der Waals surface area (Å²) < 4.78 is 12.8. The molecule has 0 saturated heterocycles. The van der Waals surface area contributed by atoms with Gasteiger partial charge >= 0.3 is 0 Å². The lowest BCUT2D eigenvalue weighted by Gasteiger charge is -2.54. The van der Waals surface area contributed by atoms with Crippen molar-refractivity contribution in [3.63, 3.8) is 0 Å². The minimum absolute atomic E-state index is 0.0539. The summed E-state index contributed by atoms with van der Waals surface area (Å²) in [7, 11) is 0. The SMILES string of the molecule is CC(C)(C)O[C@@H]1CCCC[C@@H]1N(C(C)(C)C)C(C)(C)C.CC(C)(C)O[C@H]1CCCCC1N(C(C)(C)C)C(C)(C)C. The molecule has 2 aliphatic rings. The highest BCUT2D eigenvalue weighted by atomic mass is 16.5. The fourth-order valence-electron chi connectivity index (χ4n) is 7.93. The van der Waals surface area contributed by atoms with E-state index in [0.717, 1.165) is 0 Å². The Balaban J connectivity index is 0.000000400. The van der Waals surface area contributed by atoms with E-state index in [-0.39, 0.29) is 33.4 Å². The zero-order valence-electron chi connectivity index (χ0n) is 30.7. The molecule has 2 saturated carbocycles. The smallest absolute Gasteiger partial charge is 0.0737 e. The molecular formula is C36H74N2O2. The molecule has 0 heterocycles. The molecule has 2 rings (SSSR count). The van der Waals surface area contributed by atoms with Gasteiger partial charge in [-0.1, -0.05) is 25.7 Å². The lowest BCUT2D eigenvalue weighted by atomic mass is 9.84. The molecule has 4 nitrogen and oxygen atoms in total. The second kappa shape index (κ2) is 13.6. The Morgan fingerprint density at radius 3 is 0.800 bits per heavy atom. The summed E-state index contributed by atoms with van der Waals surface area (Å²) in [6, 6.07) is 1.06. The molecule has 240 valence electrons. The Morgan fingerprint density at radius 2 is 0.600 bits per heavy atom. The van der Waals surface area contributed by atoms with E-state index in [0.29, 0.717) is 24.3 Å². The standard InChI is InChI=1S/2C18H37NO/c2*1-16(2,3)19(17(4,5)6)14-12-10-11-13-15(14)20-18(7,8)9/h2*14-15H,10-13H2,1-9H3/t14?,15-;14-,15+/m00/s1. The maximum absolute atomic E-state index is 6.42. The predicted octanol–water partition coefficient (Wildman–Crippen LogP) is 10.0. The Kier molecular flexibility index (Phi) is 12.9. The average Bonchev–Trinajstić information content (AvgIpc) is 2.65. The van der Waals surface area contributed by atoms with Crippen LogP contribution in [0, 0.1) is 0 Å². The van der Waals surface area contributed by atoms with Crippen molar-refractivity contribution >= 4 is 0 Å². The summed E-state index contributed by atoms with van der Waals surface area (Å²) in [5.41, 5.74) is 0.558. The van der Waals surface area contributed by atoms with Crippen LogP contribution in [-0.2, 0) is 9.47 Å². The van der Waals surface area contributed by atoms with Crippen molar-refractivity contribution in [2.75, 3.05) is 0 Å². The fraction of sp³-hybridized carbons (Fsp3) is 1.00. The predicted molar refractivity (Wildman–Crippen MR) is 176 cm³/mol. The van der Waals surface area contributed by atoms with E-state index in [1.807, 2.05) is 0 Å². The lowest BCUT2D eigenvalue weighted by molar-refractivity contribution is -0.141. The van der Waals surface area contributed by atoms with Gasteiger partial charge in [-0.05, 0) is 150 Å². The van der Waals surface area contributed by atoms with Gasteiger partial charge in [0.2, 0.25) is 0 Å². The molecule has 1 unspecified atom stereocenters. The van der Waals surface area contributed by atoms with Gasteiger partial charge in [-0.2, -0.15) is 0 Å². The number of rotatable bonds is 4. The van der Waals surface area contributed by atoms with Crippen LogP contribution >= 0.6 is 0 Å². The minimum atomic E-state index is -0.0539. The van der Waals surface area contributed by atoms with E-state index >= 15 is 0 Å². The van der Waals surface area contributed by atoms with Gasteiger partial charge in [-0.25, -0.2) is 0 Å². The molecule has 4 heteroatoms. The van der Waals surface area contributed by atoms with E-state index in [2.05, 4.69) is 134 Å². The van der Waals surface area contributed by atoms with Gasteiger partial charge in [0.05, 0.1) is 23.4 Å². The first-order valence-corrected chi connectivity index (χ1v) is 16.6. The second-order valence-corrected chi connectivity index (χ2v) is 18.7. The highest BCUT2D eigenvalue weighted by Gasteiger charge is 2.44. The molecule has 2 aliphatic carbocycles. The van der Waals surface area contributed by atoms with Gasteiger partial charge < -0.3 is 9.47 Å². The molecular weight excluding hydrogens is 492 g/mol. The van der Waals surface area contributed by atoms with Crippen LogP contribution in [0.5, 0.6) is 0 Å². The summed E-state index contributed by atoms with van der Waals surface area (Å²) >= 11 is 0. The van der Waals surface area contributed by atoms with E-state index < -0.39 is 0 Å². The zero-order chi connectivity index (χ0) is 31.5. The molecule has 0 spiro atoms. The molecule has 0 radical (unpaired) electrons. The molecule has 0 aliphatic heterocycles. The normalized spacial score (nSPS) is 26.1. The van der Waals surface area contributed by atoms with Gasteiger partial charge in [0.25, 0.3) is 0 Å². The second-order valence-electron chi connectivity index (χ2n) is 18.7. The highest BCUT2D eigenvalue weighted by molar-refractivity contribution is 4.98. The van der Waals surface area contributed by atoms with Crippen LogP contribution in [-0.4, -0.2) is 67.4 Å². The highest BCUT2D eigenvalue weighted by Crippen LogP contribution is 2.38. The van der Waals surface area contributed by atoms with Crippen molar-refractivity contribution in [2.24, 2.45) is 0 Å². The maximum atomic E-state index is 6.42. The van der Waals surface area contributed by atoms with Crippen LogP contribution in [0.25, 0.3) is 0 Å². The van der Waals surface area contributed by atoms with Gasteiger partial charge in [-0.3, -0.25) is 9.80 Å². The van der Waals surface area contributed by atoms with Crippen LogP contribution in [0.2, 0.25) is 0 Å². The Morgan fingerprint density at radius 1 is 0.375 bits per heavy atom. The van der Waals surface area contributed by atoms with Crippen molar-refractivity contribution < 1.29 is 9.47 Å². The number of nitrogens with zero attached hydrogens (tertiary/aromatic N) is 2. The van der Waals surface area contributed by atoms with Crippen molar-refractivity contribution in [2.45, 2.75) is 234 Å². The minimum Gasteiger partial charge on any atom is -0.371 e. The van der Waals surface area contributed by atoms with Crippen molar-refractivity contribution in [1.29, 1.82) is 0 Å². The van der Waals surface area contributed by atoms with Gasteiger partial charge in [0, 0.05) is 34.2 Å². The first-order valence-electron chi connectivity index (χ1n) is 16.6. The Labute approximate surface area is 252 Å². The average molecular weight is 567 g/mol. The summed E-state index contributed by atoms with van der Waals surface area (Å²) in [5, 5.41) is 0. The lowest BCUT2D eigenvalue weighted by Crippen LogP contribution is -2.62. The molecule has 0 aromatic carbocycles. The van der Waals surface area contributed by atoms with Crippen molar-refractivity contribution in [3.8, 4) is 0 Å². The third-order valence-electron chi connectivity index (χ3n) is 7.90. The van der Waals surface area contributed by atoms with Crippen molar-refractivity contribution in [3.05, 3.63) is 0 Å². The van der Waals surface area contributed by atoms with Gasteiger partial charge in [0.1, 0.15) is 0 Å². The summed E-state index contributed by atoms with van der Waals surface area (Å²) in [6.45, 7) is 41.1. The monoisotopic (exact) mass is 567 g/mol. The Hall–Kier alpha value is -0.160. The topological polar surface area (TPSA) is 24.9 Å². The third kappa shape index (κ3) is 12.6. The molecule has 0 aromatic rings. The largest absolute Gasteiger partial charge is 0.371 e. The van der Waals surface area contributed by atoms with Crippen molar-refractivity contribution in [1.82, 2.24) is 9.80 Å². The molecule has 4 atom stereocenters. The van der Waals surface area contributed by atoms with E-state index in [1.54, 1.807) is 0 Å². The fourth-order valence-corrected chi connectivity index (χ4v) is 7.93. The molecule has 2 fully saturated rings. The molecule has 40 heavy (non-hydrogen) atoms.